The first-order chi connectivity index (χ1) is 11.6. The number of amides is 1. The lowest BCUT2D eigenvalue weighted by molar-refractivity contribution is 0.0914. The van der Waals surface area contributed by atoms with Gasteiger partial charge in [-0.05, 0) is 50.1 Å². The molecular formula is C18H22N2O3S. The third-order valence-electron chi connectivity index (χ3n) is 4.16. The van der Waals surface area contributed by atoms with Gasteiger partial charge in [-0.25, -0.2) is 4.98 Å². The molecule has 128 valence electrons. The van der Waals surface area contributed by atoms with Gasteiger partial charge in [0.25, 0.3) is 5.91 Å². The molecule has 0 saturated heterocycles. The van der Waals surface area contributed by atoms with E-state index in [2.05, 4.69) is 10.3 Å². The number of nitrogens with zero attached hydrogens (tertiary/aromatic N) is 1. The van der Waals surface area contributed by atoms with Crippen molar-refractivity contribution in [3.8, 4) is 5.88 Å². The Bertz CT molecular complexity index is 671. The number of pyridine rings is 1. The molecule has 1 aliphatic rings. The Morgan fingerprint density at radius 2 is 2.33 bits per heavy atom. The Morgan fingerprint density at radius 3 is 3.00 bits per heavy atom. The molecule has 3 rings (SSSR count). The molecule has 1 aliphatic carbocycles. The van der Waals surface area contributed by atoms with Crippen LogP contribution in [-0.2, 0) is 0 Å². The molecule has 2 heterocycles. The number of nitrogens with one attached hydrogen (secondary N) is 1. The van der Waals surface area contributed by atoms with Gasteiger partial charge in [-0.15, -0.1) is 11.3 Å². The van der Waals surface area contributed by atoms with Crippen molar-refractivity contribution in [1.29, 1.82) is 0 Å². The molecule has 0 aromatic carbocycles. The van der Waals surface area contributed by atoms with Gasteiger partial charge in [0.05, 0.1) is 6.10 Å². The number of aromatic nitrogens is 1. The number of hydrogen-bond acceptors (Lipinski definition) is 5. The van der Waals surface area contributed by atoms with Crippen LogP contribution in [0.3, 0.4) is 0 Å². The molecule has 2 unspecified atom stereocenters. The molecule has 1 fully saturated rings. The van der Waals surface area contributed by atoms with E-state index < -0.39 is 6.10 Å². The van der Waals surface area contributed by atoms with Gasteiger partial charge in [0.15, 0.2) is 0 Å². The summed E-state index contributed by atoms with van der Waals surface area (Å²) >= 11 is 1.52. The summed E-state index contributed by atoms with van der Waals surface area (Å²) in [5, 5.41) is 15.0. The van der Waals surface area contributed by atoms with Crippen LogP contribution < -0.4 is 10.1 Å². The normalized spacial score (nSPS) is 16.9. The summed E-state index contributed by atoms with van der Waals surface area (Å²) in [5.41, 5.74) is 0.525. The van der Waals surface area contributed by atoms with E-state index in [0.717, 1.165) is 17.7 Å². The maximum Gasteiger partial charge on any atom is 0.251 e. The Balaban J connectivity index is 1.54. The van der Waals surface area contributed by atoms with Crippen LogP contribution in [0.25, 0.3) is 0 Å². The van der Waals surface area contributed by atoms with Gasteiger partial charge in [-0.1, -0.05) is 6.07 Å². The molecule has 2 aromatic rings. The first kappa shape index (κ1) is 16.9. The minimum atomic E-state index is -0.560. The average Bonchev–Trinajstić information content (AvgIpc) is 3.05. The smallest absolute Gasteiger partial charge is 0.251 e. The van der Waals surface area contributed by atoms with Crippen molar-refractivity contribution in [2.75, 3.05) is 0 Å². The standard InChI is InChI=1S/C18H22N2O3S/c1-12(10-15(21)16-6-3-9-24-16)20-18(22)13-7-8-19-17(11-13)23-14-4-2-5-14/h3,6-9,11-12,14-15,21H,2,4-5,10H2,1H3,(H,20,22). The van der Waals surface area contributed by atoms with Crippen LogP contribution in [0.4, 0.5) is 0 Å². The highest BCUT2D eigenvalue weighted by molar-refractivity contribution is 7.10. The van der Waals surface area contributed by atoms with Crippen LogP contribution in [-0.4, -0.2) is 28.1 Å². The molecule has 5 nitrogen and oxygen atoms in total. The lowest BCUT2D eigenvalue weighted by Gasteiger charge is -2.25. The highest BCUT2D eigenvalue weighted by atomic mass is 32.1. The molecule has 2 N–H and O–H groups in total. The van der Waals surface area contributed by atoms with Gasteiger partial charge < -0.3 is 15.2 Å². The summed E-state index contributed by atoms with van der Waals surface area (Å²) in [7, 11) is 0. The Hall–Kier alpha value is -1.92. The fraction of sp³-hybridized carbons (Fsp3) is 0.444. The summed E-state index contributed by atoms with van der Waals surface area (Å²) in [6.45, 7) is 1.89. The molecule has 1 saturated carbocycles. The molecule has 0 bridgehead atoms. The molecule has 2 atom stereocenters. The third kappa shape index (κ3) is 4.33. The first-order valence-electron chi connectivity index (χ1n) is 8.27. The fourth-order valence-corrected chi connectivity index (χ4v) is 3.30. The second-order valence-corrected chi connectivity index (χ2v) is 7.17. The van der Waals surface area contributed by atoms with Crippen molar-refractivity contribution in [2.24, 2.45) is 0 Å². The summed E-state index contributed by atoms with van der Waals surface area (Å²) in [4.78, 5) is 17.4. The van der Waals surface area contributed by atoms with Gasteiger partial charge >= 0.3 is 0 Å². The number of carbonyl (C=O) groups excluding carboxylic acids is 1. The summed E-state index contributed by atoms with van der Waals surface area (Å²) in [5.74, 6) is 0.320. The zero-order valence-corrected chi connectivity index (χ0v) is 14.5. The highest BCUT2D eigenvalue weighted by Gasteiger charge is 2.20. The molecule has 24 heavy (non-hydrogen) atoms. The molecule has 2 aromatic heterocycles. The first-order valence-corrected chi connectivity index (χ1v) is 9.15. The number of thiophene rings is 1. The minimum absolute atomic E-state index is 0.140. The predicted molar refractivity (Wildman–Crippen MR) is 93.3 cm³/mol. The van der Waals surface area contributed by atoms with E-state index in [-0.39, 0.29) is 18.1 Å². The van der Waals surface area contributed by atoms with E-state index in [1.165, 1.54) is 17.8 Å². The number of hydrogen-bond donors (Lipinski definition) is 2. The lowest BCUT2D eigenvalue weighted by atomic mass is 9.96. The number of aliphatic hydroxyl groups excluding tert-OH is 1. The minimum Gasteiger partial charge on any atom is -0.474 e. The SMILES string of the molecule is CC(CC(O)c1cccs1)NC(=O)c1ccnc(OC2CCC2)c1. The van der Waals surface area contributed by atoms with Crippen molar-refractivity contribution in [2.45, 2.75) is 50.9 Å². The Morgan fingerprint density at radius 1 is 1.50 bits per heavy atom. The lowest BCUT2D eigenvalue weighted by Crippen LogP contribution is -2.33. The van der Waals surface area contributed by atoms with E-state index in [4.69, 9.17) is 4.74 Å². The van der Waals surface area contributed by atoms with Crippen molar-refractivity contribution in [1.82, 2.24) is 10.3 Å². The summed E-state index contributed by atoms with van der Waals surface area (Å²) < 4.78 is 5.73. The number of ether oxygens (including phenoxy) is 1. The molecule has 0 aliphatic heterocycles. The summed E-state index contributed by atoms with van der Waals surface area (Å²) in [6, 6.07) is 7.02. The number of rotatable bonds is 7. The molecular weight excluding hydrogens is 324 g/mol. The summed E-state index contributed by atoms with van der Waals surface area (Å²) in [6.07, 6.45) is 5.03. The molecule has 0 radical (unpaired) electrons. The van der Waals surface area contributed by atoms with Gasteiger partial charge in [-0.2, -0.15) is 0 Å². The third-order valence-corrected chi connectivity index (χ3v) is 5.14. The second kappa shape index (κ2) is 7.77. The van der Waals surface area contributed by atoms with E-state index in [9.17, 15) is 9.90 Å². The quantitative estimate of drug-likeness (QED) is 0.807. The second-order valence-electron chi connectivity index (χ2n) is 6.19. The van der Waals surface area contributed by atoms with E-state index >= 15 is 0 Å². The average molecular weight is 346 g/mol. The maximum atomic E-state index is 12.4. The number of aliphatic hydroxyl groups is 1. The Labute approximate surface area is 145 Å². The zero-order valence-electron chi connectivity index (χ0n) is 13.6. The molecule has 0 spiro atoms. The van der Waals surface area contributed by atoms with Crippen LogP contribution in [0.15, 0.2) is 35.8 Å². The monoisotopic (exact) mass is 346 g/mol. The fourth-order valence-electron chi connectivity index (χ4n) is 2.57. The van der Waals surface area contributed by atoms with E-state index in [0.29, 0.717) is 17.9 Å². The molecule has 6 heteroatoms. The zero-order chi connectivity index (χ0) is 16.9. The van der Waals surface area contributed by atoms with Gasteiger partial charge in [0.2, 0.25) is 5.88 Å². The van der Waals surface area contributed by atoms with Gasteiger partial charge in [-0.3, -0.25) is 4.79 Å². The van der Waals surface area contributed by atoms with Crippen LogP contribution >= 0.6 is 11.3 Å². The van der Waals surface area contributed by atoms with Crippen LogP contribution in [0, 0.1) is 0 Å². The number of carbonyl (C=O) groups is 1. The van der Waals surface area contributed by atoms with E-state index in [1.807, 2.05) is 24.4 Å². The topological polar surface area (TPSA) is 71.5 Å². The van der Waals surface area contributed by atoms with Crippen molar-refractivity contribution >= 4 is 17.2 Å². The highest BCUT2D eigenvalue weighted by Crippen LogP contribution is 2.25. The van der Waals surface area contributed by atoms with Crippen molar-refractivity contribution < 1.29 is 14.6 Å². The van der Waals surface area contributed by atoms with Crippen LogP contribution in [0.5, 0.6) is 5.88 Å². The van der Waals surface area contributed by atoms with Crippen LogP contribution in [0.1, 0.15) is 53.9 Å². The van der Waals surface area contributed by atoms with Crippen molar-refractivity contribution in [3.63, 3.8) is 0 Å². The maximum absolute atomic E-state index is 12.4. The molecule has 1 amide bonds. The van der Waals surface area contributed by atoms with Crippen LogP contribution in [0.2, 0.25) is 0 Å². The van der Waals surface area contributed by atoms with Gasteiger partial charge in [0, 0.05) is 28.7 Å². The predicted octanol–water partition coefficient (Wildman–Crippen LogP) is 3.32. The van der Waals surface area contributed by atoms with E-state index in [1.54, 1.807) is 18.3 Å². The Kier molecular flexibility index (Phi) is 5.48. The van der Waals surface area contributed by atoms with Crippen molar-refractivity contribution in [3.05, 3.63) is 46.3 Å². The van der Waals surface area contributed by atoms with Gasteiger partial charge in [0.1, 0.15) is 6.10 Å². The largest absolute Gasteiger partial charge is 0.474 e.